The van der Waals surface area contributed by atoms with E-state index in [1.54, 1.807) is 11.0 Å². The van der Waals surface area contributed by atoms with Crippen molar-refractivity contribution in [2.45, 2.75) is 59.2 Å². The van der Waals surface area contributed by atoms with Crippen LogP contribution in [0.5, 0.6) is 0 Å². The zero-order valence-corrected chi connectivity index (χ0v) is 13.5. The Bertz CT molecular complexity index is 458. The molecular weight excluding hydrogens is 268 g/mol. The van der Waals surface area contributed by atoms with E-state index in [1.807, 2.05) is 11.8 Å². The van der Waals surface area contributed by atoms with Gasteiger partial charge in [-0.25, -0.2) is 9.67 Å². The molecule has 0 radical (unpaired) electrons. The third-order valence-corrected chi connectivity index (χ3v) is 4.42. The van der Waals surface area contributed by atoms with E-state index in [4.69, 9.17) is 4.74 Å². The first-order valence-electron chi connectivity index (χ1n) is 7.74. The van der Waals surface area contributed by atoms with Gasteiger partial charge in [-0.1, -0.05) is 20.8 Å². The smallest absolute Gasteiger partial charge is 0.244 e. The number of ether oxygens (including phenoxy) is 1. The Morgan fingerprint density at radius 1 is 1.48 bits per heavy atom. The largest absolute Gasteiger partial charge is 0.378 e. The predicted octanol–water partition coefficient (Wildman–Crippen LogP) is 1.72. The van der Waals surface area contributed by atoms with E-state index in [2.05, 4.69) is 30.9 Å². The van der Waals surface area contributed by atoms with E-state index in [1.165, 1.54) is 6.33 Å². The van der Waals surface area contributed by atoms with Gasteiger partial charge in [0.2, 0.25) is 5.91 Å². The normalized spacial score (nSPS) is 23.6. The number of rotatable bonds is 7. The zero-order chi connectivity index (χ0) is 15.5. The highest BCUT2D eigenvalue weighted by molar-refractivity contribution is 5.76. The molecule has 21 heavy (non-hydrogen) atoms. The van der Waals surface area contributed by atoms with Crippen LogP contribution in [0, 0.1) is 5.41 Å². The lowest BCUT2D eigenvalue weighted by molar-refractivity contribution is -0.167. The monoisotopic (exact) mass is 294 g/mol. The number of amides is 1. The topological polar surface area (TPSA) is 60.2 Å². The van der Waals surface area contributed by atoms with Gasteiger partial charge in [-0.3, -0.25) is 4.79 Å². The van der Waals surface area contributed by atoms with Crippen LogP contribution >= 0.6 is 0 Å². The quantitative estimate of drug-likeness (QED) is 0.768. The molecule has 0 aliphatic heterocycles. The molecule has 1 saturated carbocycles. The lowest BCUT2D eigenvalue weighted by atomic mass is 9.63. The van der Waals surface area contributed by atoms with Crippen LogP contribution in [0.15, 0.2) is 12.7 Å². The molecule has 0 bridgehead atoms. The second-order valence-electron chi connectivity index (χ2n) is 6.20. The molecule has 1 fully saturated rings. The second-order valence-corrected chi connectivity index (χ2v) is 6.20. The fourth-order valence-corrected chi connectivity index (χ4v) is 3.12. The van der Waals surface area contributed by atoms with Crippen molar-refractivity contribution >= 4 is 5.91 Å². The van der Waals surface area contributed by atoms with Gasteiger partial charge in [0.25, 0.3) is 0 Å². The number of carbonyl (C=O) groups is 1. The lowest BCUT2D eigenvalue weighted by Gasteiger charge is -2.55. The van der Waals surface area contributed by atoms with Crippen LogP contribution in [0.25, 0.3) is 0 Å². The summed E-state index contributed by atoms with van der Waals surface area (Å²) in [6.45, 7) is 10.2. The molecule has 6 heteroatoms. The molecule has 1 aliphatic carbocycles. The third kappa shape index (κ3) is 3.26. The minimum atomic E-state index is 0.00318. The highest BCUT2D eigenvalue weighted by Crippen LogP contribution is 2.46. The van der Waals surface area contributed by atoms with Gasteiger partial charge < -0.3 is 9.64 Å². The molecule has 0 N–H and O–H groups in total. The van der Waals surface area contributed by atoms with E-state index in [0.29, 0.717) is 0 Å². The zero-order valence-electron chi connectivity index (χ0n) is 13.5. The van der Waals surface area contributed by atoms with Crippen molar-refractivity contribution in [3.8, 4) is 0 Å². The summed E-state index contributed by atoms with van der Waals surface area (Å²) in [5.74, 6) is 0.107. The summed E-state index contributed by atoms with van der Waals surface area (Å²) in [7, 11) is 0. The molecule has 1 aromatic heterocycles. The van der Waals surface area contributed by atoms with E-state index >= 15 is 0 Å². The van der Waals surface area contributed by atoms with Gasteiger partial charge in [0, 0.05) is 24.6 Å². The van der Waals surface area contributed by atoms with Crippen molar-refractivity contribution in [1.82, 2.24) is 19.7 Å². The third-order valence-electron chi connectivity index (χ3n) is 4.42. The molecule has 0 spiro atoms. The minimum Gasteiger partial charge on any atom is -0.378 e. The maximum atomic E-state index is 12.6. The number of nitrogens with zero attached hydrogens (tertiary/aromatic N) is 4. The van der Waals surface area contributed by atoms with Crippen LogP contribution in [-0.4, -0.2) is 50.9 Å². The van der Waals surface area contributed by atoms with Crippen LogP contribution in [0.1, 0.15) is 40.5 Å². The molecule has 1 aromatic rings. The maximum Gasteiger partial charge on any atom is 0.244 e. The predicted molar refractivity (Wildman–Crippen MR) is 79.6 cm³/mol. The Hall–Kier alpha value is -1.43. The first-order valence-corrected chi connectivity index (χ1v) is 7.74. The van der Waals surface area contributed by atoms with Gasteiger partial charge in [-0.05, 0) is 19.8 Å². The molecule has 6 nitrogen and oxygen atoms in total. The van der Waals surface area contributed by atoms with Crippen molar-refractivity contribution in [2.75, 3.05) is 13.2 Å². The van der Waals surface area contributed by atoms with Gasteiger partial charge in [0.05, 0.1) is 6.10 Å². The maximum absolute atomic E-state index is 12.6. The fourth-order valence-electron chi connectivity index (χ4n) is 3.12. The summed E-state index contributed by atoms with van der Waals surface area (Å²) in [5, 5.41) is 4.02. The van der Waals surface area contributed by atoms with Crippen LogP contribution in [0.4, 0.5) is 0 Å². The summed E-state index contributed by atoms with van der Waals surface area (Å²) in [4.78, 5) is 18.5. The molecule has 2 atom stereocenters. The Morgan fingerprint density at radius 3 is 2.76 bits per heavy atom. The summed E-state index contributed by atoms with van der Waals surface area (Å²) in [5.41, 5.74) is 0.00318. The van der Waals surface area contributed by atoms with E-state index in [0.717, 1.165) is 26.0 Å². The van der Waals surface area contributed by atoms with E-state index < -0.39 is 0 Å². The van der Waals surface area contributed by atoms with Crippen molar-refractivity contribution < 1.29 is 9.53 Å². The van der Waals surface area contributed by atoms with Gasteiger partial charge in [-0.15, -0.1) is 0 Å². The van der Waals surface area contributed by atoms with Crippen molar-refractivity contribution in [3.63, 3.8) is 0 Å². The molecule has 1 amide bonds. The van der Waals surface area contributed by atoms with Crippen LogP contribution in [0.2, 0.25) is 0 Å². The second kappa shape index (κ2) is 6.56. The molecule has 1 aliphatic rings. The molecule has 1 heterocycles. The molecule has 0 saturated heterocycles. The van der Waals surface area contributed by atoms with Crippen molar-refractivity contribution in [1.29, 1.82) is 0 Å². The van der Waals surface area contributed by atoms with E-state index in [9.17, 15) is 4.79 Å². The van der Waals surface area contributed by atoms with Gasteiger partial charge >= 0.3 is 0 Å². The van der Waals surface area contributed by atoms with Crippen molar-refractivity contribution in [2.24, 2.45) is 5.41 Å². The molecule has 118 valence electrons. The standard InChI is InChI=1S/C15H26N4O2/c1-5-7-19(14(20)9-18-11-16-10-17-18)12-8-13(21-6-2)15(12,3)4/h10-13H,5-9H2,1-4H3/t12-,13-/m0/s1. The first-order chi connectivity index (χ1) is 10.0. The lowest BCUT2D eigenvalue weighted by Crippen LogP contribution is -2.63. The number of carbonyl (C=O) groups excluding carboxylic acids is 1. The number of hydrogen-bond acceptors (Lipinski definition) is 4. The highest BCUT2D eigenvalue weighted by atomic mass is 16.5. The van der Waals surface area contributed by atoms with Crippen molar-refractivity contribution in [3.05, 3.63) is 12.7 Å². The average molecular weight is 294 g/mol. The van der Waals surface area contributed by atoms with Gasteiger partial charge in [0.1, 0.15) is 19.2 Å². The van der Waals surface area contributed by atoms with Crippen LogP contribution in [0.3, 0.4) is 0 Å². The summed E-state index contributed by atoms with van der Waals surface area (Å²) in [6.07, 6.45) is 5.15. The minimum absolute atomic E-state index is 0.00318. The Labute approximate surface area is 126 Å². The average Bonchev–Trinajstić information content (AvgIpc) is 2.94. The van der Waals surface area contributed by atoms with E-state index in [-0.39, 0.29) is 30.0 Å². The number of aromatic nitrogens is 3. The molecule has 2 rings (SSSR count). The Morgan fingerprint density at radius 2 is 2.24 bits per heavy atom. The van der Waals surface area contributed by atoms with Crippen LogP contribution in [-0.2, 0) is 16.1 Å². The molecular formula is C15H26N4O2. The Balaban J connectivity index is 2.04. The number of hydrogen-bond donors (Lipinski definition) is 0. The first kappa shape index (κ1) is 15.9. The SMILES string of the molecule is CCCN(C(=O)Cn1cncn1)[C@H]1C[C@H](OCC)C1(C)C. The summed E-state index contributed by atoms with van der Waals surface area (Å²) in [6, 6.07) is 0.241. The highest BCUT2D eigenvalue weighted by Gasteiger charge is 2.52. The van der Waals surface area contributed by atoms with Gasteiger partial charge in [0.15, 0.2) is 0 Å². The fraction of sp³-hybridized carbons (Fsp3) is 0.800. The molecule has 0 unspecified atom stereocenters. The van der Waals surface area contributed by atoms with Gasteiger partial charge in [-0.2, -0.15) is 5.10 Å². The Kier molecular flexibility index (Phi) is 4.98. The summed E-state index contributed by atoms with van der Waals surface area (Å²) < 4.78 is 7.35. The molecule has 0 aromatic carbocycles. The van der Waals surface area contributed by atoms with Crippen LogP contribution < -0.4 is 0 Å². The summed E-state index contributed by atoms with van der Waals surface area (Å²) >= 11 is 0.